The van der Waals surface area contributed by atoms with E-state index in [9.17, 15) is 9.59 Å². The molecule has 178 valence electrons. The topological polar surface area (TPSA) is 102 Å². The zero-order valence-corrected chi connectivity index (χ0v) is 20.7. The van der Waals surface area contributed by atoms with Gasteiger partial charge in [-0.3, -0.25) is 9.59 Å². The number of thioether (sulfide) groups is 2. The van der Waals surface area contributed by atoms with Crippen LogP contribution in [0.25, 0.3) is 5.69 Å². The van der Waals surface area contributed by atoms with Crippen LogP contribution in [0.15, 0.2) is 58.6 Å². The Balaban J connectivity index is 1.37. The molecule has 1 aliphatic carbocycles. The number of anilines is 1. The van der Waals surface area contributed by atoms with Crippen LogP contribution in [0.4, 0.5) is 5.69 Å². The Hall–Kier alpha value is -2.85. The Kier molecular flexibility index (Phi) is 8.59. The van der Waals surface area contributed by atoms with Gasteiger partial charge in [-0.25, -0.2) is 0 Å². The van der Waals surface area contributed by atoms with Crippen LogP contribution in [0.5, 0.6) is 0 Å². The van der Waals surface area contributed by atoms with Crippen LogP contribution in [-0.4, -0.2) is 50.6 Å². The molecule has 0 aliphatic heterocycles. The number of amides is 2. The number of nitrogens with zero attached hydrogens (tertiary/aromatic N) is 4. The lowest BCUT2D eigenvalue weighted by Crippen LogP contribution is -2.31. The van der Waals surface area contributed by atoms with Crippen LogP contribution < -0.4 is 10.6 Å². The molecule has 3 aromatic rings. The first-order valence-corrected chi connectivity index (χ1v) is 13.6. The van der Waals surface area contributed by atoms with Gasteiger partial charge in [-0.05, 0) is 65.8 Å². The molecule has 0 bridgehead atoms. The molecular weight excluding hydrogens is 468 g/mol. The van der Waals surface area contributed by atoms with Crippen molar-refractivity contribution in [2.45, 2.75) is 42.2 Å². The van der Waals surface area contributed by atoms with Crippen molar-refractivity contribution in [3.05, 3.63) is 54.1 Å². The minimum absolute atomic E-state index is 0.00419. The van der Waals surface area contributed by atoms with Gasteiger partial charge in [0.1, 0.15) is 0 Å². The number of carbonyl (C=O) groups excluding carboxylic acids is 2. The zero-order chi connectivity index (χ0) is 23.8. The van der Waals surface area contributed by atoms with Gasteiger partial charge < -0.3 is 10.6 Å². The Morgan fingerprint density at radius 2 is 1.91 bits per heavy atom. The van der Waals surface area contributed by atoms with Crippen LogP contribution in [0.1, 0.15) is 42.5 Å². The quantitative estimate of drug-likeness (QED) is 0.423. The standard InChI is InChI=1S/C24H28N6O2S2/c1-33-24-27-28-29-30(24)19-11-7-10-18(14-19)26-23(32)20-12-5-6-13-21(20)34-16-22(31)25-15-17-8-3-2-4-9-17/h5-7,10-14,17H,2-4,8-9,15-16H2,1H3,(H,25,31)(H,26,32). The number of hydrogen-bond acceptors (Lipinski definition) is 7. The van der Waals surface area contributed by atoms with E-state index in [4.69, 9.17) is 0 Å². The summed E-state index contributed by atoms with van der Waals surface area (Å²) in [6.45, 7) is 0.747. The monoisotopic (exact) mass is 496 g/mol. The summed E-state index contributed by atoms with van der Waals surface area (Å²) in [5, 5.41) is 18.4. The van der Waals surface area contributed by atoms with Crippen molar-refractivity contribution >= 4 is 41.0 Å². The maximum Gasteiger partial charge on any atom is 0.256 e. The van der Waals surface area contributed by atoms with E-state index in [1.807, 2.05) is 48.7 Å². The summed E-state index contributed by atoms with van der Waals surface area (Å²) < 4.78 is 1.62. The van der Waals surface area contributed by atoms with E-state index < -0.39 is 0 Å². The SMILES string of the molecule is CSc1nnnn1-c1cccc(NC(=O)c2ccccc2SCC(=O)NCC2CCCCC2)c1. The third kappa shape index (κ3) is 6.38. The first-order chi connectivity index (χ1) is 16.6. The number of nitrogens with one attached hydrogen (secondary N) is 2. The fraction of sp³-hybridized carbons (Fsp3) is 0.375. The lowest BCUT2D eigenvalue weighted by atomic mass is 9.89. The Morgan fingerprint density at radius 1 is 1.09 bits per heavy atom. The Bertz CT molecular complexity index is 1130. The van der Waals surface area contributed by atoms with Gasteiger partial charge in [0.2, 0.25) is 11.1 Å². The van der Waals surface area contributed by atoms with Gasteiger partial charge in [-0.1, -0.05) is 49.2 Å². The van der Waals surface area contributed by atoms with E-state index in [0.29, 0.717) is 22.3 Å². The van der Waals surface area contributed by atoms with Crippen molar-refractivity contribution < 1.29 is 9.59 Å². The molecule has 1 aromatic heterocycles. The molecule has 8 nitrogen and oxygen atoms in total. The molecule has 34 heavy (non-hydrogen) atoms. The third-order valence-electron chi connectivity index (χ3n) is 5.78. The predicted octanol–water partition coefficient (Wildman–Crippen LogP) is 4.43. The molecule has 2 N–H and O–H groups in total. The fourth-order valence-corrected chi connectivity index (χ4v) is 5.32. The molecular formula is C24H28N6O2S2. The second-order valence-electron chi connectivity index (χ2n) is 8.17. The number of benzene rings is 2. The average Bonchev–Trinajstić information content (AvgIpc) is 3.36. The highest BCUT2D eigenvalue weighted by Gasteiger charge is 2.16. The summed E-state index contributed by atoms with van der Waals surface area (Å²) >= 11 is 2.82. The highest BCUT2D eigenvalue weighted by molar-refractivity contribution is 8.00. The second-order valence-corrected chi connectivity index (χ2v) is 9.97. The molecule has 2 amide bonds. The first kappa shape index (κ1) is 24.3. The first-order valence-electron chi connectivity index (χ1n) is 11.4. The highest BCUT2D eigenvalue weighted by atomic mass is 32.2. The van der Waals surface area contributed by atoms with Crippen LogP contribution >= 0.6 is 23.5 Å². The minimum Gasteiger partial charge on any atom is -0.355 e. The van der Waals surface area contributed by atoms with Crippen LogP contribution in [-0.2, 0) is 4.79 Å². The van der Waals surface area contributed by atoms with Gasteiger partial charge >= 0.3 is 0 Å². The lowest BCUT2D eigenvalue weighted by Gasteiger charge is -2.21. The molecule has 0 saturated heterocycles. The van der Waals surface area contributed by atoms with Crippen LogP contribution in [0.3, 0.4) is 0 Å². The smallest absolute Gasteiger partial charge is 0.256 e. The summed E-state index contributed by atoms with van der Waals surface area (Å²) in [6, 6.07) is 14.7. The summed E-state index contributed by atoms with van der Waals surface area (Å²) in [5.74, 6) is 0.648. The van der Waals surface area contributed by atoms with Crippen LogP contribution in [0.2, 0.25) is 0 Å². The lowest BCUT2D eigenvalue weighted by molar-refractivity contribution is -0.118. The van der Waals surface area contributed by atoms with Crippen molar-refractivity contribution in [3.8, 4) is 5.69 Å². The molecule has 0 atom stereocenters. The summed E-state index contributed by atoms with van der Waals surface area (Å²) in [7, 11) is 0. The number of hydrogen-bond donors (Lipinski definition) is 2. The van der Waals surface area contributed by atoms with E-state index in [-0.39, 0.29) is 17.6 Å². The van der Waals surface area contributed by atoms with Gasteiger partial charge in [0.15, 0.2) is 0 Å². The van der Waals surface area contributed by atoms with Gasteiger partial charge in [0.05, 0.1) is 17.0 Å². The van der Waals surface area contributed by atoms with Crippen molar-refractivity contribution in [1.29, 1.82) is 0 Å². The number of aromatic nitrogens is 4. The minimum atomic E-state index is -0.232. The van der Waals surface area contributed by atoms with Crippen molar-refractivity contribution in [1.82, 2.24) is 25.5 Å². The average molecular weight is 497 g/mol. The molecule has 2 aromatic carbocycles. The zero-order valence-electron chi connectivity index (χ0n) is 19.1. The van der Waals surface area contributed by atoms with Crippen LogP contribution in [0, 0.1) is 5.92 Å². The fourth-order valence-electron chi connectivity index (χ4n) is 4.01. The van der Waals surface area contributed by atoms with E-state index in [1.165, 1.54) is 55.6 Å². The van der Waals surface area contributed by atoms with E-state index >= 15 is 0 Å². The summed E-state index contributed by atoms with van der Waals surface area (Å²) in [6.07, 6.45) is 8.12. The number of tetrazole rings is 1. The molecule has 10 heteroatoms. The maximum atomic E-state index is 13.1. The van der Waals surface area contributed by atoms with Gasteiger partial charge in [-0.2, -0.15) is 4.68 Å². The number of carbonyl (C=O) groups is 2. The summed E-state index contributed by atoms with van der Waals surface area (Å²) in [4.78, 5) is 26.2. The predicted molar refractivity (Wildman–Crippen MR) is 136 cm³/mol. The Morgan fingerprint density at radius 3 is 2.74 bits per heavy atom. The van der Waals surface area contributed by atoms with Gasteiger partial charge in [-0.15, -0.1) is 16.9 Å². The van der Waals surface area contributed by atoms with Crippen molar-refractivity contribution in [3.63, 3.8) is 0 Å². The largest absolute Gasteiger partial charge is 0.355 e. The second kappa shape index (κ2) is 12.0. The molecule has 1 aliphatic rings. The van der Waals surface area contributed by atoms with Gasteiger partial charge in [0.25, 0.3) is 5.91 Å². The van der Waals surface area contributed by atoms with Gasteiger partial charge in [0, 0.05) is 17.1 Å². The van der Waals surface area contributed by atoms with E-state index in [2.05, 4.69) is 26.2 Å². The molecule has 0 radical (unpaired) electrons. The molecule has 0 spiro atoms. The van der Waals surface area contributed by atoms with E-state index in [0.717, 1.165) is 17.1 Å². The van der Waals surface area contributed by atoms with Crippen molar-refractivity contribution in [2.75, 3.05) is 23.9 Å². The number of rotatable bonds is 9. The van der Waals surface area contributed by atoms with E-state index in [1.54, 1.807) is 10.7 Å². The molecule has 4 rings (SSSR count). The molecule has 0 unspecified atom stereocenters. The maximum absolute atomic E-state index is 13.1. The Labute approximate surface area is 207 Å². The highest BCUT2D eigenvalue weighted by Crippen LogP contribution is 2.25. The molecule has 1 saturated carbocycles. The molecule has 1 heterocycles. The summed E-state index contributed by atoms with van der Waals surface area (Å²) in [5.41, 5.74) is 1.92. The third-order valence-corrected chi connectivity index (χ3v) is 7.47. The normalized spacial score (nSPS) is 14.0. The molecule has 1 fully saturated rings. The van der Waals surface area contributed by atoms with Crippen molar-refractivity contribution in [2.24, 2.45) is 5.92 Å².